The van der Waals surface area contributed by atoms with E-state index in [1.165, 1.54) is 38.5 Å². The molecule has 0 radical (unpaired) electrons. The molecule has 23 heavy (non-hydrogen) atoms. The van der Waals surface area contributed by atoms with Crippen LogP contribution in [0.3, 0.4) is 0 Å². The van der Waals surface area contributed by atoms with Gasteiger partial charge < -0.3 is 5.41 Å². The molecule has 0 aromatic rings. The summed E-state index contributed by atoms with van der Waals surface area (Å²) in [5, 5.41) is 8.12. The molecule has 4 aliphatic rings. The maximum atomic E-state index is 12.2. The van der Waals surface area contributed by atoms with Gasteiger partial charge >= 0.3 is 0 Å². The van der Waals surface area contributed by atoms with Crippen LogP contribution in [0, 0.1) is 45.8 Å². The fourth-order valence-corrected chi connectivity index (χ4v) is 7.75. The quantitative estimate of drug-likeness (QED) is 0.705. The van der Waals surface area contributed by atoms with Crippen LogP contribution < -0.4 is 0 Å². The van der Waals surface area contributed by atoms with Gasteiger partial charge in [0.1, 0.15) is 5.78 Å². The van der Waals surface area contributed by atoms with Gasteiger partial charge in [-0.3, -0.25) is 4.79 Å². The number of fused-ring (bicyclic) bond motifs is 5. The highest BCUT2D eigenvalue weighted by atomic mass is 16.1. The Kier molecular flexibility index (Phi) is 3.56. The fourth-order valence-electron chi connectivity index (χ4n) is 7.75. The second-order valence-electron chi connectivity index (χ2n) is 9.75. The molecule has 4 fully saturated rings. The second kappa shape index (κ2) is 5.17. The molecule has 0 bridgehead atoms. The van der Waals surface area contributed by atoms with Gasteiger partial charge in [0, 0.05) is 11.6 Å². The zero-order valence-corrected chi connectivity index (χ0v) is 15.2. The van der Waals surface area contributed by atoms with Crippen molar-refractivity contribution in [3.8, 4) is 0 Å². The molecule has 4 saturated carbocycles. The number of rotatable bonds is 1. The topological polar surface area (TPSA) is 40.9 Å². The van der Waals surface area contributed by atoms with Crippen molar-refractivity contribution in [3.05, 3.63) is 0 Å². The van der Waals surface area contributed by atoms with Crippen molar-refractivity contribution in [2.45, 2.75) is 78.6 Å². The van der Waals surface area contributed by atoms with Gasteiger partial charge in [0.25, 0.3) is 0 Å². The first kappa shape index (κ1) is 15.8. The van der Waals surface area contributed by atoms with Crippen molar-refractivity contribution in [1.29, 1.82) is 5.41 Å². The van der Waals surface area contributed by atoms with Crippen molar-refractivity contribution < 1.29 is 4.79 Å². The molecule has 1 N–H and O–H groups in total. The maximum Gasteiger partial charge on any atom is 0.133 e. The Labute approximate surface area is 141 Å². The number of hydrogen-bond donors (Lipinski definition) is 1. The lowest BCUT2D eigenvalue weighted by molar-refractivity contribution is -0.131. The third kappa shape index (κ3) is 2.12. The normalized spacial score (nSPS) is 52.5. The molecule has 0 aromatic carbocycles. The average molecular weight is 316 g/mol. The summed E-state index contributed by atoms with van der Waals surface area (Å²) < 4.78 is 0. The molecule has 7 unspecified atom stereocenters. The molecule has 7 atom stereocenters. The van der Waals surface area contributed by atoms with Crippen LogP contribution in [0.2, 0.25) is 0 Å². The second-order valence-corrected chi connectivity index (χ2v) is 9.75. The number of nitrogens with one attached hydrogen (secondary N) is 1. The summed E-state index contributed by atoms with van der Waals surface area (Å²) in [7, 11) is 0. The minimum Gasteiger partial charge on any atom is -0.310 e. The van der Waals surface area contributed by atoms with Crippen LogP contribution in [-0.2, 0) is 4.79 Å². The first-order valence-corrected chi connectivity index (χ1v) is 9.93. The van der Waals surface area contributed by atoms with Gasteiger partial charge in [-0.05, 0) is 99.2 Å². The molecular weight excluding hydrogens is 282 g/mol. The summed E-state index contributed by atoms with van der Waals surface area (Å²) in [6.07, 6.45) is 11.1. The summed E-state index contributed by atoms with van der Waals surface area (Å²) >= 11 is 0. The highest BCUT2D eigenvalue weighted by molar-refractivity contribution is 5.82. The lowest BCUT2D eigenvalue weighted by Gasteiger charge is -2.60. The molecule has 0 aliphatic heterocycles. The van der Waals surface area contributed by atoms with E-state index in [0.29, 0.717) is 17.1 Å². The predicted octanol–water partition coefficient (Wildman–Crippen LogP) is 5.25. The molecule has 4 aliphatic carbocycles. The van der Waals surface area contributed by atoms with Gasteiger partial charge in [0.15, 0.2) is 0 Å². The molecule has 0 amide bonds. The van der Waals surface area contributed by atoms with Crippen molar-refractivity contribution >= 4 is 11.5 Å². The number of Topliss-reactive ketones (excluding diaryl/α,β-unsaturated/α-hetero) is 1. The van der Waals surface area contributed by atoms with E-state index >= 15 is 0 Å². The SMILES string of the molecule is CC(=O)C1CCC2C3CCC4CC(=N)CCC4(C)C3CCC12C. The van der Waals surface area contributed by atoms with Crippen LogP contribution in [0.5, 0.6) is 0 Å². The molecule has 2 heteroatoms. The lowest BCUT2D eigenvalue weighted by Crippen LogP contribution is -2.53. The van der Waals surface area contributed by atoms with E-state index in [4.69, 9.17) is 5.41 Å². The van der Waals surface area contributed by atoms with Gasteiger partial charge in [0.2, 0.25) is 0 Å². The van der Waals surface area contributed by atoms with Gasteiger partial charge in [-0.15, -0.1) is 0 Å². The van der Waals surface area contributed by atoms with Crippen molar-refractivity contribution in [2.24, 2.45) is 40.4 Å². The fraction of sp³-hybridized carbons (Fsp3) is 0.905. The van der Waals surface area contributed by atoms with Crippen LogP contribution in [-0.4, -0.2) is 11.5 Å². The van der Waals surface area contributed by atoms with Crippen LogP contribution in [0.15, 0.2) is 0 Å². The standard InChI is InChI=1S/C21H33NO/c1-13(23)17-6-7-18-16-5-4-14-12-15(22)8-10-20(14,2)19(16)9-11-21(17,18)3/h14,16-19,22H,4-12H2,1-3H3. The Morgan fingerprint density at radius 3 is 2.48 bits per heavy atom. The Morgan fingerprint density at radius 2 is 1.74 bits per heavy atom. The van der Waals surface area contributed by atoms with E-state index in [-0.39, 0.29) is 5.41 Å². The van der Waals surface area contributed by atoms with E-state index in [1.54, 1.807) is 0 Å². The van der Waals surface area contributed by atoms with Crippen molar-refractivity contribution in [3.63, 3.8) is 0 Å². The first-order chi connectivity index (χ1) is 10.9. The van der Waals surface area contributed by atoms with Gasteiger partial charge in [-0.25, -0.2) is 0 Å². The Hall–Kier alpha value is -0.660. The lowest BCUT2D eigenvalue weighted by atomic mass is 9.44. The Morgan fingerprint density at radius 1 is 1.00 bits per heavy atom. The van der Waals surface area contributed by atoms with E-state index in [9.17, 15) is 4.79 Å². The minimum atomic E-state index is 0.289. The van der Waals surface area contributed by atoms with E-state index in [0.717, 1.165) is 48.6 Å². The van der Waals surface area contributed by atoms with Gasteiger partial charge in [0.05, 0.1) is 0 Å². The summed E-state index contributed by atoms with van der Waals surface area (Å²) in [6.45, 7) is 6.83. The summed E-state index contributed by atoms with van der Waals surface area (Å²) in [5.41, 5.74) is 1.77. The first-order valence-electron chi connectivity index (χ1n) is 9.93. The number of carbonyl (C=O) groups is 1. The van der Waals surface area contributed by atoms with Crippen molar-refractivity contribution in [1.82, 2.24) is 0 Å². The summed E-state index contributed by atoms with van der Waals surface area (Å²) in [4.78, 5) is 12.2. The zero-order valence-electron chi connectivity index (χ0n) is 15.2. The number of ketones is 1. The summed E-state index contributed by atoms with van der Waals surface area (Å²) in [5.74, 6) is 4.04. The molecule has 0 spiro atoms. The number of hydrogen-bond acceptors (Lipinski definition) is 2. The molecule has 0 aromatic heterocycles. The largest absolute Gasteiger partial charge is 0.310 e. The van der Waals surface area contributed by atoms with Crippen LogP contribution >= 0.6 is 0 Å². The van der Waals surface area contributed by atoms with Gasteiger partial charge in [-0.2, -0.15) is 0 Å². The Bertz CT molecular complexity index is 540. The zero-order chi connectivity index (χ0) is 16.4. The third-order valence-corrected chi connectivity index (χ3v) is 9.01. The predicted molar refractivity (Wildman–Crippen MR) is 93.6 cm³/mol. The number of carbonyl (C=O) groups excluding carboxylic acids is 1. The third-order valence-electron chi connectivity index (χ3n) is 9.01. The van der Waals surface area contributed by atoms with Crippen LogP contribution in [0.4, 0.5) is 0 Å². The highest BCUT2D eigenvalue weighted by Crippen LogP contribution is 2.67. The van der Waals surface area contributed by atoms with Crippen LogP contribution in [0.25, 0.3) is 0 Å². The Balaban J connectivity index is 1.63. The smallest absolute Gasteiger partial charge is 0.133 e. The van der Waals surface area contributed by atoms with Crippen LogP contribution in [0.1, 0.15) is 78.6 Å². The molecule has 0 heterocycles. The van der Waals surface area contributed by atoms with E-state index in [1.807, 2.05) is 6.92 Å². The van der Waals surface area contributed by atoms with E-state index in [2.05, 4.69) is 13.8 Å². The summed E-state index contributed by atoms with van der Waals surface area (Å²) in [6, 6.07) is 0. The minimum absolute atomic E-state index is 0.289. The van der Waals surface area contributed by atoms with E-state index < -0.39 is 0 Å². The molecule has 128 valence electrons. The molecular formula is C21H33NO. The van der Waals surface area contributed by atoms with Crippen molar-refractivity contribution in [2.75, 3.05) is 0 Å². The molecule has 2 nitrogen and oxygen atoms in total. The molecule has 4 rings (SSSR count). The monoisotopic (exact) mass is 315 g/mol. The highest BCUT2D eigenvalue weighted by Gasteiger charge is 2.60. The maximum absolute atomic E-state index is 12.2. The molecule has 0 saturated heterocycles. The average Bonchev–Trinajstić information content (AvgIpc) is 2.85. The van der Waals surface area contributed by atoms with Gasteiger partial charge in [-0.1, -0.05) is 13.8 Å².